The van der Waals surface area contributed by atoms with E-state index in [9.17, 15) is 0 Å². The Balaban J connectivity index is 2.10. The van der Waals surface area contributed by atoms with Crippen LogP contribution >= 0.6 is 0 Å². The second-order valence-corrected chi connectivity index (χ2v) is 5.61. The van der Waals surface area contributed by atoms with Crippen LogP contribution in [0.1, 0.15) is 41.5 Å². The number of nitrogens with zero attached hydrogens (tertiary/aromatic N) is 1. The van der Waals surface area contributed by atoms with Crippen LogP contribution in [0.3, 0.4) is 0 Å². The van der Waals surface area contributed by atoms with Crippen molar-refractivity contribution < 1.29 is 0 Å². The molecule has 1 aliphatic carbocycles. The van der Waals surface area contributed by atoms with Crippen LogP contribution in [0, 0.1) is 6.92 Å². The maximum atomic E-state index is 4.59. The predicted octanol–water partition coefficient (Wildman–Crippen LogP) is 5.03. The monoisotopic (exact) mass is 275 g/mol. The first kappa shape index (κ1) is 13.8. The fourth-order valence-electron chi connectivity index (χ4n) is 3.08. The van der Waals surface area contributed by atoms with Crippen molar-refractivity contribution in [2.45, 2.75) is 26.2 Å². The Bertz CT molecular complexity index is 707. The van der Waals surface area contributed by atoms with Crippen molar-refractivity contribution >= 4 is 11.3 Å². The van der Waals surface area contributed by atoms with Crippen LogP contribution in [0.25, 0.3) is 5.57 Å². The Hall–Kier alpha value is -2.15. The third kappa shape index (κ3) is 2.82. The van der Waals surface area contributed by atoms with Gasteiger partial charge in [-0.25, -0.2) is 0 Å². The molecule has 0 spiro atoms. The minimum atomic E-state index is 1.09. The number of rotatable bonds is 3. The number of hydrogen-bond acceptors (Lipinski definition) is 1. The van der Waals surface area contributed by atoms with Gasteiger partial charge in [0.25, 0.3) is 0 Å². The van der Waals surface area contributed by atoms with Crippen LogP contribution < -0.4 is 0 Å². The maximum Gasteiger partial charge on any atom is 0.0721 e. The van der Waals surface area contributed by atoms with Gasteiger partial charge in [-0.3, -0.25) is 4.99 Å². The molecular formula is C20H21N. The zero-order chi connectivity index (χ0) is 14.7. The second kappa shape index (κ2) is 6.09. The van der Waals surface area contributed by atoms with Gasteiger partial charge in [0.15, 0.2) is 0 Å². The lowest BCUT2D eigenvalue weighted by atomic mass is 9.92. The molecule has 0 heterocycles. The van der Waals surface area contributed by atoms with E-state index in [2.05, 4.69) is 66.5 Å². The van der Waals surface area contributed by atoms with Gasteiger partial charge in [0, 0.05) is 18.2 Å². The molecule has 0 atom stereocenters. The van der Waals surface area contributed by atoms with E-state index in [0.717, 1.165) is 5.71 Å². The summed E-state index contributed by atoms with van der Waals surface area (Å²) < 4.78 is 0. The third-order valence-electron chi connectivity index (χ3n) is 4.08. The van der Waals surface area contributed by atoms with Crippen LogP contribution in [-0.2, 0) is 0 Å². The molecule has 0 aliphatic heterocycles. The van der Waals surface area contributed by atoms with Gasteiger partial charge in [0.05, 0.1) is 5.71 Å². The summed E-state index contributed by atoms with van der Waals surface area (Å²) in [6.07, 6.45) is 6.03. The molecule has 21 heavy (non-hydrogen) atoms. The fourth-order valence-corrected chi connectivity index (χ4v) is 3.08. The molecule has 0 aromatic heterocycles. The first-order valence-corrected chi connectivity index (χ1v) is 7.62. The average molecular weight is 275 g/mol. The van der Waals surface area contributed by atoms with Gasteiger partial charge in [-0.1, -0.05) is 54.1 Å². The maximum absolute atomic E-state index is 4.59. The van der Waals surface area contributed by atoms with E-state index in [0.29, 0.717) is 0 Å². The summed E-state index contributed by atoms with van der Waals surface area (Å²) in [6.45, 7) is 2.13. The molecule has 0 bridgehead atoms. The molecule has 0 radical (unpaired) electrons. The highest BCUT2D eigenvalue weighted by Gasteiger charge is 2.15. The quantitative estimate of drug-likeness (QED) is 0.697. The molecule has 0 saturated heterocycles. The molecule has 0 amide bonds. The van der Waals surface area contributed by atoms with E-state index >= 15 is 0 Å². The molecule has 1 nitrogen and oxygen atoms in total. The summed E-state index contributed by atoms with van der Waals surface area (Å²) in [6, 6.07) is 17.2. The summed E-state index contributed by atoms with van der Waals surface area (Å²) in [5.41, 5.74) is 7.62. The fraction of sp³-hybridized carbons (Fsp3) is 0.250. The molecule has 0 saturated carbocycles. The van der Waals surface area contributed by atoms with Gasteiger partial charge < -0.3 is 0 Å². The normalized spacial score (nSPS) is 15.1. The predicted molar refractivity (Wildman–Crippen MR) is 91.0 cm³/mol. The van der Waals surface area contributed by atoms with Crippen molar-refractivity contribution in [3.8, 4) is 0 Å². The summed E-state index contributed by atoms with van der Waals surface area (Å²) in [5, 5.41) is 0. The molecule has 2 aromatic carbocycles. The highest BCUT2D eigenvalue weighted by atomic mass is 14.7. The number of aliphatic imine (C=N–C) groups is 1. The smallest absolute Gasteiger partial charge is 0.0721 e. The standard InChI is InChI=1S/C20H21N/c1-15-8-7-11-17(14-15)20(21-2)19-13-6-5-12-18(19)16-9-3-4-10-16/h5-9,11-14H,3-4,10H2,1-2H3. The Kier molecular flexibility index (Phi) is 4.01. The van der Waals surface area contributed by atoms with Gasteiger partial charge in [-0.2, -0.15) is 0 Å². The molecular weight excluding hydrogens is 254 g/mol. The summed E-state index contributed by atoms with van der Waals surface area (Å²) in [7, 11) is 1.89. The summed E-state index contributed by atoms with van der Waals surface area (Å²) >= 11 is 0. The lowest BCUT2D eigenvalue weighted by Gasteiger charge is -2.13. The van der Waals surface area contributed by atoms with E-state index in [4.69, 9.17) is 0 Å². The molecule has 0 unspecified atom stereocenters. The van der Waals surface area contributed by atoms with Crippen molar-refractivity contribution in [2.24, 2.45) is 4.99 Å². The van der Waals surface area contributed by atoms with Gasteiger partial charge >= 0.3 is 0 Å². The van der Waals surface area contributed by atoms with Gasteiger partial charge in [-0.15, -0.1) is 0 Å². The molecule has 0 fully saturated rings. The second-order valence-electron chi connectivity index (χ2n) is 5.61. The first-order valence-electron chi connectivity index (χ1n) is 7.62. The Morgan fingerprint density at radius 2 is 1.90 bits per heavy atom. The molecule has 106 valence electrons. The van der Waals surface area contributed by atoms with Gasteiger partial charge in [-0.05, 0) is 43.4 Å². The van der Waals surface area contributed by atoms with Crippen LogP contribution in [0.4, 0.5) is 0 Å². The number of aryl methyl sites for hydroxylation is 1. The van der Waals surface area contributed by atoms with Crippen molar-refractivity contribution in [3.05, 3.63) is 76.9 Å². The Labute approximate surface area is 127 Å². The minimum Gasteiger partial charge on any atom is -0.287 e. The molecule has 1 aliphatic rings. The van der Waals surface area contributed by atoms with E-state index in [1.165, 1.54) is 47.1 Å². The Morgan fingerprint density at radius 1 is 1.05 bits per heavy atom. The highest BCUT2D eigenvalue weighted by molar-refractivity contribution is 6.15. The van der Waals surface area contributed by atoms with E-state index < -0.39 is 0 Å². The van der Waals surface area contributed by atoms with E-state index in [1.807, 2.05) is 7.05 Å². The van der Waals surface area contributed by atoms with Crippen LogP contribution in [-0.4, -0.2) is 12.8 Å². The molecule has 1 heteroatoms. The third-order valence-corrected chi connectivity index (χ3v) is 4.08. The number of allylic oxidation sites excluding steroid dienone is 2. The molecule has 0 N–H and O–H groups in total. The van der Waals surface area contributed by atoms with E-state index in [-0.39, 0.29) is 0 Å². The van der Waals surface area contributed by atoms with Gasteiger partial charge in [0.2, 0.25) is 0 Å². The van der Waals surface area contributed by atoms with Crippen LogP contribution in [0.5, 0.6) is 0 Å². The summed E-state index contributed by atoms with van der Waals surface area (Å²) in [5.74, 6) is 0. The number of benzene rings is 2. The van der Waals surface area contributed by atoms with Crippen molar-refractivity contribution in [1.29, 1.82) is 0 Å². The minimum absolute atomic E-state index is 1.09. The topological polar surface area (TPSA) is 12.4 Å². The number of hydrogen-bond donors (Lipinski definition) is 0. The molecule has 3 rings (SSSR count). The zero-order valence-corrected chi connectivity index (χ0v) is 12.8. The SMILES string of the molecule is CN=C(c1cccc(C)c1)c1ccccc1C1=CCCC1. The van der Waals surface area contributed by atoms with Crippen molar-refractivity contribution in [1.82, 2.24) is 0 Å². The lowest BCUT2D eigenvalue weighted by Crippen LogP contribution is -2.07. The highest BCUT2D eigenvalue weighted by Crippen LogP contribution is 2.31. The van der Waals surface area contributed by atoms with E-state index in [1.54, 1.807) is 0 Å². The van der Waals surface area contributed by atoms with Crippen molar-refractivity contribution in [2.75, 3.05) is 7.05 Å². The van der Waals surface area contributed by atoms with Crippen LogP contribution in [0.2, 0.25) is 0 Å². The Morgan fingerprint density at radius 3 is 2.62 bits per heavy atom. The lowest BCUT2D eigenvalue weighted by molar-refractivity contribution is 0.935. The first-order chi connectivity index (χ1) is 10.3. The van der Waals surface area contributed by atoms with Gasteiger partial charge in [0.1, 0.15) is 0 Å². The molecule has 2 aromatic rings. The largest absolute Gasteiger partial charge is 0.287 e. The summed E-state index contributed by atoms with van der Waals surface area (Å²) in [4.78, 5) is 4.59. The van der Waals surface area contributed by atoms with Crippen LogP contribution in [0.15, 0.2) is 59.6 Å². The van der Waals surface area contributed by atoms with Crippen molar-refractivity contribution in [3.63, 3.8) is 0 Å². The average Bonchev–Trinajstić information content (AvgIpc) is 3.03. The zero-order valence-electron chi connectivity index (χ0n) is 12.8.